The van der Waals surface area contributed by atoms with Crippen LogP contribution in [-0.4, -0.2) is 19.0 Å². The van der Waals surface area contributed by atoms with E-state index in [1.165, 1.54) is 27.9 Å². The van der Waals surface area contributed by atoms with E-state index in [9.17, 15) is 0 Å². The van der Waals surface area contributed by atoms with E-state index in [2.05, 4.69) is 34.3 Å². The van der Waals surface area contributed by atoms with Gasteiger partial charge in [-0.1, -0.05) is 24.3 Å². The molecule has 0 radical (unpaired) electrons. The van der Waals surface area contributed by atoms with Gasteiger partial charge in [-0.3, -0.25) is 9.98 Å². The SMILES string of the molecule is C1=CC2=C3C(=CC=C4C=NC=C1C43)CN=C2. The molecule has 0 spiro atoms. The second kappa shape index (κ2) is 2.79. The third-order valence-electron chi connectivity index (χ3n) is 3.48. The first-order valence-electron chi connectivity index (χ1n) is 5.50. The Bertz CT molecular complexity index is 592. The highest BCUT2D eigenvalue weighted by Gasteiger charge is 2.32. The van der Waals surface area contributed by atoms with Crippen molar-refractivity contribution in [1.29, 1.82) is 0 Å². The van der Waals surface area contributed by atoms with Gasteiger partial charge < -0.3 is 0 Å². The minimum Gasteiger partial charge on any atom is -0.288 e. The summed E-state index contributed by atoms with van der Waals surface area (Å²) < 4.78 is 0. The normalized spacial score (nSPS) is 28.5. The molecule has 0 saturated carbocycles. The van der Waals surface area contributed by atoms with Gasteiger partial charge in [-0.2, -0.15) is 0 Å². The van der Waals surface area contributed by atoms with Gasteiger partial charge in [0.15, 0.2) is 0 Å². The molecule has 0 aromatic rings. The Morgan fingerprint density at radius 3 is 3.06 bits per heavy atom. The van der Waals surface area contributed by atoms with E-state index < -0.39 is 0 Å². The van der Waals surface area contributed by atoms with Crippen molar-refractivity contribution in [1.82, 2.24) is 0 Å². The summed E-state index contributed by atoms with van der Waals surface area (Å²) in [6.45, 7) is 0.817. The molecule has 0 aromatic heterocycles. The van der Waals surface area contributed by atoms with E-state index in [0.717, 1.165) is 6.54 Å². The van der Waals surface area contributed by atoms with Gasteiger partial charge in [0.25, 0.3) is 0 Å². The molecule has 0 saturated heterocycles. The molecule has 0 aromatic carbocycles. The van der Waals surface area contributed by atoms with Crippen LogP contribution in [0.5, 0.6) is 0 Å². The Morgan fingerprint density at radius 1 is 1.06 bits per heavy atom. The lowest BCUT2D eigenvalue weighted by molar-refractivity contribution is 0.843. The number of hydrogen-bond donors (Lipinski definition) is 0. The number of allylic oxidation sites excluding steroid dienone is 7. The third-order valence-corrected chi connectivity index (χ3v) is 3.48. The van der Waals surface area contributed by atoms with Gasteiger partial charge >= 0.3 is 0 Å². The summed E-state index contributed by atoms with van der Waals surface area (Å²) in [6, 6.07) is 0. The van der Waals surface area contributed by atoms with Gasteiger partial charge in [0, 0.05) is 24.5 Å². The molecule has 4 aliphatic rings. The summed E-state index contributed by atoms with van der Waals surface area (Å²) in [5.41, 5.74) is 6.66. The van der Waals surface area contributed by atoms with Crippen molar-refractivity contribution in [2.45, 2.75) is 0 Å². The zero-order valence-corrected chi connectivity index (χ0v) is 8.72. The summed E-state index contributed by atoms with van der Waals surface area (Å²) in [7, 11) is 0. The summed E-state index contributed by atoms with van der Waals surface area (Å²) in [4.78, 5) is 8.68. The molecule has 0 amide bonds. The van der Waals surface area contributed by atoms with Crippen molar-refractivity contribution >= 4 is 12.4 Å². The van der Waals surface area contributed by atoms with Gasteiger partial charge in [-0.25, -0.2) is 0 Å². The molecule has 0 N–H and O–H groups in total. The van der Waals surface area contributed by atoms with E-state index in [-0.39, 0.29) is 0 Å². The van der Waals surface area contributed by atoms with Gasteiger partial charge in [-0.15, -0.1) is 0 Å². The van der Waals surface area contributed by atoms with E-state index in [0.29, 0.717) is 5.92 Å². The summed E-state index contributed by atoms with van der Waals surface area (Å²) >= 11 is 0. The maximum atomic E-state index is 4.39. The summed E-state index contributed by atoms with van der Waals surface area (Å²) in [6.07, 6.45) is 14.6. The number of rotatable bonds is 0. The first-order chi connectivity index (χ1) is 7.93. The lowest BCUT2D eigenvalue weighted by Crippen LogP contribution is -2.24. The van der Waals surface area contributed by atoms with Crippen LogP contribution < -0.4 is 0 Å². The first kappa shape index (κ1) is 8.22. The van der Waals surface area contributed by atoms with Crippen LogP contribution in [0.1, 0.15) is 0 Å². The number of dihydropyridines is 1. The molecule has 1 atom stereocenters. The predicted molar refractivity (Wildman–Crippen MR) is 65.8 cm³/mol. The smallest absolute Gasteiger partial charge is 0.0643 e. The van der Waals surface area contributed by atoms with Crippen molar-refractivity contribution in [3.05, 3.63) is 58.4 Å². The molecule has 16 heavy (non-hydrogen) atoms. The fourth-order valence-electron chi connectivity index (χ4n) is 2.76. The van der Waals surface area contributed by atoms with Gasteiger partial charge in [0.05, 0.1) is 6.54 Å². The molecule has 2 heterocycles. The minimum absolute atomic E-state index is 0.407. The highest BCUT2D eigenvalue weighted by Crippen LogP contribution is 2.43. The van der Waals surface area contributed by atoms with E-state index in [1.807, 2.05) is 18.6 Å². The Hall–Kier alpha value is -1.96. The monoisotopic (exact) mass is 206 g/mol. The van der Waals surface area contributed by atoms with Gasteiger partial charge in [0.2, 0.25) is 0 Å². The molecule has 0 fully saturated rings. The topological polar surface area (TPSA) is 24.7 Å². The molecule has 1 unspecified atom stereocenters. The number of aliphatic imine (C=N–C) groups is 2. The van der Waals surface area contributed by atoms with Crippen molar-refractivity contribution in [3.8, 4) is 0 Å². The van der Waals surface area contributed by atoms with Crippen LogP contribution in [0.15, 0.2) is 68.4 Å². The Kier molecular flexibility index (Phi) is 1.43. The highest BCUT2D eigenvalue weighted by molar-refractivity contribution is 5.93. The van der Waals surface area contributed by atoms with Crippen molar-refractivity contribution in [2.75, 3.05) is 6.54 Å². The quantitative estimate of drug-likeness (QED) is 0.581. The first-order valence-corrected chi connectivity index (χ1v) is 5.50. The fraction of sp³-hybridized carbons (Fsp3) is 0.143. The van der Waals surface area contributed by atoms with Crippen molar-refractivity contribution in [3.63, 3.8) is 0 Å². The fourth-order valence-corrected chi connectivity index (χ4v) is 2.76. The molecule has 2 nitrogen and oxygen atoms in total. The van der Waals surface area contributed by atoms with E-state index in [1.54, 1.807) is 0 Å². The summed E-state index contributed by atoms with van der Waals surface area (Å²) in [5.74, 6) is 0.407. The summed E-state index contributed by atoms with van der Waals surface area (Å²) in [5, 5.41) is 0. The lowest BCUT2D eigenvalue weighted by atomic mass is 9.72. The third kappa shape index (κ3) is 0.915. The van der Waals surface area contributed by atoms with Crippen LogP contribution in [0.3, 0.4) is 0 Å². The average molecular weight is 206 g/mol. The van der Waals surface area contributed by atoms with Crippen LogP contribution in [-0.2, 0) is 0 Å². The molecular weight excluding hydrogens is 196 g/mol. The molecule has 76 valence electrons. The Morgan fingerprint density at radius 2 is 2.06 bits per heavy atom. The average Bonchev–Trinajstić information content (AvgIpc) is 2.36. The van der Waals surface area contributed by atoms with Crippen LogP contribution in [0.25, 0.3) is 0 Å². The molecule has 2 aliphatic carbocycles. The van der Waals surface area contributed by atoms with Crippen molar-refractivity contribution in [2.24, 2.45) is 15.9 Å². The van der Waals surface area contributed by atoms with Gasteiger partial charge in [0.1, 0.15) is 0 Å². The van der Waals surface area contributed by atoms with Crippen LogP contribution in [0.2, 0.25) is 0 Å². The number of nitrogens with zero attached hydrogens (tertiary/aromatic N) is 2. The van der Waals surface area contributed by atoms with E-state index in [4.69, 9.17) is 0 Å². The molecule has 0 bridgehead atoms. The van der Waals surface area contributed by atoms with E-state index >= 15 is 0 Å². The van der Waals surface area contributed by atoms with Crippen molar-refractivity contribution < 1.29 is 0 Å². The highest BCUT2D eigenvalue weighted by atomic mass is 14.7. The Balaban J connectivity index is 2.04. The van der Waals surface area contributed by atoms with Gasteiger partial charge in [-0.05, 0) is 27.9 Å². The lowest BCUT2D eigenvalue weighted by Gasteiger charge is -2.33. The second-order valence-electron chi connectivity index (χ2n) is 4.37. The zero-order valence-electron chi connectivity index (χ0n) is 8.72. The second-order valence-corrected chi connectivity index (χ2v) is 4.37. The molecule has 2 aliphatic heterocycles. The zero-order chi connectivity index (χ0) is 10.5. The largest absolute Gasteiger partial charge is 0.288 e. The van der Waals surface area contributed by atoms with Crippen LogP contribution in [0, 0.1) is 5.92 Å². The van der Waals surface area contributed by atoms with Crippen LogP contribution >= 0.6 is 0 Å². The number of hydrogen-bond acceptors (Lipinski definition) is 2. The molecular formula is C14H10N2. The van der Waals surface area contributed by atoms with Crippen LogP contribution in [0.4, 0.5) is 0 Å². The standard InChI is InChI=1S/C14H10N2/c1-2-10-6-16-8-12-4-3-11-7-15-5-9(1)13(11)14(10)12/h1-7,13H,8H2. The Labute approximate surface area is 93.8 Å². The maximum Gasteiger partial charge on any atom is 0.0643 e. The predicted octanol–water partition coefficient (Wildman–Crippen LogP) is 2.39. The molecule has 4 rings (SSSR count). The maximum absolute atomic E-state index is 4.39. The molecule has 2 heteroatoms. The minimum atomic E-state index is 0.407.